The van der Waals surface area contributed by atoms with Crippen molar-refractivity contribution in [3.63, 3.8) is 0 Å². The van der Waals surface area contributed by atoms with Crippen molar-refractivity contribution in [1.82, 2.24) is 5.32 Å². The molecule has 0 saturated carbocycles. The molecule has 15 heavy (non-hydrogen) atoms. The molecule has 2 atom stereocenters. The minimum atomic E-state index is 0.720. The third-order valence-electron chi connectivity index (χ3n) is 3.29. The van der Waals surface area contributed by atoms with Gasteiger partial charge in [0.05, 0.1) is 0 Å². The highest BCUT2D eigenvalue weighted by molar-refractivity contribution is 9.10. The average molecular weight is 268 g/mol. The van der Waals surface area contributed by atoms with Gasteiger partial charge in [-0.1, -0.05) is 41.1 Å². The van der Waals surface area contributed by atoms with E-state index in [9.17, 15) is 0 Å². The molecule has 1 aromatic carbocycles. The van der Waals surface area contributed by atoms with Crippen LogP contribution in [-0.2, 0) is 6.42 Å². The van der Waals surface area contributed by atoms with E-state index >= 15 is 0 Å². The molecule has 1 heterocycles. The van der Waals surface area contributed by atoms with Crippen LogP contribution < -0.4 is 5.32 Å². The van der Waals surface area contributed by atoms with Gasteiger partial charge < -0.3 is 5.32 Å². The number of hydrogen-bond acceptors (Lipinski definition) is 1. The summed E-state index contributed by atoms with van der Waals surface area (Å²) >= 11 is 3.61. The summed E-state index contributed by atoms with van der Waals surface area (Å²) in [7, 11) is 0. The molecule has 1 nitrogen and oxygen atoms in total. The van der Waals surface area contributed by atoms with E-state index in [0.717, 1.165) is 12.0 Å². The van der Waals surface area contributed by atoms with Gasteiger partial charge in [-0.2, -0.15) is 0 Å². The number of halogens is 1. The van der Waals surface area contributed by atoms with Crippen molar-refractivity contribution in [3.8, 4) is 0 Å². The summed E-state index contributed by atoms with van der Waals surface area (Å²) in [5.74, 6) is 0.728. The zero-order chi connectivity index (χ0) is 10.7. The second kappa shape index (κ2) is 5.13. The molecule has 0 spiro atoms. The van der Waals surface area contributed by atoms with Crippen molar-refractivity contribution in [2.45, 2.75) is 32.2 Å². The van der Waals surface area contributed by atoms with Crippen molar-refractivity contribution in [1.29, 1.82) is 0 Å². The van der Waals surface area contributed by atoms with E-state index < -0.39 is 0 Å². The molecule has 1 aliphatic rings. The second-order valence-electron chi connectivity index (χ2n) is 4.48. The standard InChI is InChI=1S/C13H18BrN/c1-10(13-7-4-8-15-13)9-11-5-2-3-6-12(11)14/h2-3,5-6,10,13,15H,4,7-9H2,1H3. The predicted octanol–water partition coefficient (Wildman–Crippen LogP) is 3.38. The van der Waals surface area contributed by atoms with E-state index in [1.165, 1.54) is 35.8 Å². The zero-order valence-corrected chi connectivity index (χ0v) is 10.8. The largest absolute Gasteiger partial charge is 0.314 e. The van der Waals surface area contributed by atoms with E-state index in [-0.39, 0.29) is 0 Å². The van der Waals surface area contributed by atoms with Crippen LogP contribution in [0.25, 0.3) is 0 Å². The normalized spacial score (nSPS) is 22.9. The van der Waals surface area contributed by atoms with Gasteiger partial charge in [0.2, 0.25) is 0 Å². The second-order valence-corrected chi connectivity index (χ2v) is 5.33. The van der Waals surface area contributed by atoms with Crippen LogP contribution in [-0.4, -0.2) is 12.6 Å². The smallest absolute Gasteiger partial charge is 0.0207 e. The molecule has 0 aliphatic carbocycles. The van der Waals surface area contributed by atoms with E-state index in [1.54, 1.807) is 0 Å². The Morgan fingerprint density at radius 1 is 1.47 bits per heavy atom. The summed E-state index contributed by atoms with van der Waals surface area (Å²) in [6, 6.07) is 9.26. The molecule has 0 aromatic heterocycles. The molecule has 2 heteroatoms. The lowest BCUT2D eigenvalue weighted by atomic mass is 9.93. The first kappa shape index (κ1) is 11.2. The Kier molecular flexibility index (Phi) is 3.81. The molecule has 1 aromatic rings. The maximum Gasteiger partial charge on any atom is 0.0207 e. The Bertz CT molecular complexity index is 318. The maximum atomic E-state index is 3.61. The molecule has 0 radical (unpaired) electrons. The van der Waals surface area contributed by atoms with Crippen LogP contribution in [0.1, 0.15) is 25.3 Å². The molecule has 1 N–H and O–H groups in total. The number of hydrogen-bond donors (Lipinski definition) is 1. The van der Waals surface area contributed by atoms with Gasteiger partial charge in [-0.3, -0.25) is 0 Å². The van der Waals surface area contributed by atoms with Crippen molar-refractivity contribution in [2.24, 2.45) is 5.92 Å². The Morgan fingerprint density at radius 2 is 2.27 bits per heavy atom. The summed E-state index contributed by atoms with van der Waals surface area (Å²) in [6.07, 6.45) is 3.84. The fraction of sp³-hybridized carbons (Fsp3) is 0.538. The van der Waals surface area contributed by atoms with Gasteiger partial charge in [-0.15, -0.1) is 0 Å². The molecular weight excluding hydrogens is 250 g/mol. The van der Waals surface area contributed by atoms with Gasteiger partial charge in [-0.25, -0.2) is 0 Å². The molecule has 1 saturated heterocycles. The highest BCUT2D eigenvalue weighted by atomic mass is 79.9. The molecule has 1 fully saturated rings. The highest BCUT2D eigenvalue weighted by Crippen LogP contribution is 2.23. The van der Waals surface area contributed by atoms with Crippen LogP contribution in [0.15, 0.2) is 28.7 Å². The van der Waals surface area contributed by atoms with E-state index in [0.29, 0.717) is 0 Å². The third kappa shape index (κ3) is 2.82. The van der Waals surface area contributed by atoms with E-state index in [1.807, 2.05) is 0 Å². The van der Waals surface area contributed by atoms with Crippen LogP contribution >= 0.6 is 15.9 Å². The van der Waals surface area contributed by atoms with Gasteiger partial charge in [0, 0.05) is 10.5 Å². The summed E-state index contributed by atoms with van der Waals surface area (Å²) in [6.45, 7) is 3.55. The Hall–Kier alpha value is -0.340. The lowest BCUT2D eigenvalue weighted by Crippen LogP contribution is -2.29. The fourth-order valence-corrected chi connectivity index (χ4v) is 2.80. The maximum absolute atomic E-state index is 3.61. The van der Waals surface area contributed by atoms with Crippen LogP contribution in [0.4, 0.5) is 0 Å². The molecule has 82 valence electrons. The van der Waals surface area contributed by atoms with Gasteiger partial charge >= 0.3 is 0 Å². The molecule has 0 bridgehead atoms. The van der Waals surface area contributed by atoms with Crippen LogP contribution in [0, 0.1) is 5.92 Å². The summed E-state index contributed by atoms with van der Waals surface area (Å²) in [5, 5.41) is 3.58. The Morgan fingerprint density at radius 3 is 2.93 bits per heavy atom. The van der Waals surface area contributed by atoms with Crippen LogP contribution in [0.2, 0.25) is 0 Å². The SMILES string of the molecule is CC(Cc1ccccc1Br)C1CCCN1. The average Bonchev–Trinajstić information content (AvgIpc) is 2.74. The molecule has 1 aliphatic heterocycles. The first-order chi connectivity index (χ1) is 7.27. The van der Waals surface area contributed by atoms with Gasteiger partial charge in [0.25, 0.3) is 0 Å². The number of nitrogens with one attached hydrogen (secondary N) is 1. The predicted molar refractivity (Wildman–Crippen MR) is 68.0 cm³/mol. The monoisotopic (exact) mass is 267 g/mol. The topological polar surface area (TPSA) is 12.0 Å². The van der Waals surface area contributed by atoms with Crippen molar-refractivity contribution in [2.75, 3.05) is 6.54 Å². The lowest BCUT2D eigenvalue weighted by Gasteiger charge is -2.19. The first-order valence-electron chi connectivity index (χ1n) is 5.74. The molecular formula is C13H18BrN. The molecule has 0 amide bonds. The minimum Gasteiger partial charge on any atom is -0.314 e. The zero-order valence-electron chi connectivity index (χ0n) is 9.17. The van der Waals surface area contributed by atoms with Crippen LogP contribution in [0.5, 0.6) is 0 Å². The first-order valence-corrected chi connectivity index (χ1v) is 6.53. The van der Waals surface area contributed by atoms with Crippen molar-refractivity contribution < 1.29 is 0 Å². The van der Waals surface area contributed by atoms with Gasteiger partial charge in [-0.05, 0) is 43.4 Å². The van der Waals surface area contributed by atoms with Gasteiger partial charge in [0.1, 0.15) is 0 Å². The number of rotatable bonds is 3. The molecule has 2 unspecified atom stereocenters. The Balaban J connectivity index is 1.99. The van der Waals surface area contributed by atoms with Crippen molar-refractivity contribution in [3.05, 3.63) is 34.3 Å². The van der Waals surface area contributed by atoms with Crippen molar-refractivity contribution >= 4 is 15.9 Å². The van der Waals surface area contributed by atoms with E-state index in [4.69, 9.17) is 0 Å². The Labute approximate surface area is 100 Å². The fourth-order valence-electron chi connectivity index (χ4n) is 2.35. The lowest BCUT2D eigenvalue weighted by molar-refractivity contribution is 0.417. The van der Waals surface area contributed by atoms with Gasteiger partial charge in [0.15, 0.2) is 0 Å². The summed E-state index contributed by atoms with van der Waals surface area (Å²) < 4.78 is 1.25. The molecule has 2 rings (SSSR count). The third-order valence-corrected chi connectivity index (χ3v) is 4.06. The number of benzene rings is 1. The summed E-state index contributed by atoms with van der Waals surface area (Å²) in [4.78, 5) is 0. The quantitative estimate of drug-likeness (QED) is 0.886. The summed E-state index contributed by atoms with van der Waals surface area (Å²) in [5.41, 5.74) is 1.43. The van der Waals surface area contributed by atoms with Crippen LogP contribution in [0.3, 0.4) is 0 Å². The minimum absolute atomic E-state index is 0.720. The highest BCUT2D eigenvalue weighted by Gasteiger charge is 2.21. The van der Waals surface area contributed by atoms with E-state index in [2.05, 4.69) is 52.4 Å².